The van der Waals surface area contributed by atoms with Crippen molar-refractivity contribution in [1.82, 2.24) is 9.88 Å². The second-order valence-corrected chi connectivity index (χ2v) is 4.73. The van der Waals surface area contributed by atoms with Gasteiger partial charge in [-0.1, -0.05) is 13.0 Å². The van der Waals surface area contributed by atoms with Crippen molar-refractivity contribution in [2.45, 2.75) is 19.9 Å². The van der Waals surface area contributed by atoms with Gasteiger partial charge in [-0.2, -0.15) is 0 Å². The first-order chi connectivity index (χ1) is 10.5. The molecule has 2 heterocycles. The normalized spacial score (nSPS) is 13.6. The number of carbonyl (C=O) groups is 2. The smallest absolute Gasteiger partial charge is 0.282 e. The maximum atomic E-state index is 12.3. The molecular weight excluding hydrogens is 290 g/mol. The van der Waals surface area contributed by atoms with Crippen LogP contribution in [0.3, 0.4) is 0 Å². The SMILES string of the molecule is CCc1cnc(CN2C(=O)c3cccc([N+](=O)[O-])c3C2=O)o1. The molecule has 0 radical (unpaired) electrons. The van der Waals surface area contributed by atoms with E-state index in [4.69, 9.17) is 4.42 Å². The molecular formula is C14H11N3O5. The van der Waals surface area contributed by atoms with E-state index < -0.39 is 16.7 Å². The third-order valence-corrected chi connectivity index (χ3v) is 3.42. The van der Waals surface area contributed by atoms with Crippen LogP contribution in [-0.4, -0.2) is 26.6 Å². The van der Waals surface area contributed by atoms with Crippen LogP contribution in [0.25, 0.3) is 0 Å². The number of nitro benzene ring substituents is 1. The third kappa shape index (κ3) is 2.05. The maximum Gasteiger partial charge on any atom is 0.282 e. The Hall–Kier alpha value is -3.03. The van der Waals surface area contributed by atoms with Gasteiger partial charge >= 0.3 is 0 Å². The van der Waals surface area contributed by atoms with Crippen molar-refractivity contribution in [3.05, 3.63) is 57.3 Å². The molecule has 2 aromatic rings. The molecule has 112 valence electrons. The summed E-state index contributed by atoms with van der Waals surface area (Å²) in [6, 6.07) is 3.98. The zero-order chi connectivity index (χ0) is 15.9. The van der Waals surface area contributed by atoms with Crippen LogP contribution in [0.1, 0.15) is 39.3 Å². The van der Waals surface area contributed by atoms with Crippen LogP contribution in [0, 0.1) is 10.1 Å². The fourth-order valence-electron chi connectivity index (χ4n) is 2.33. The van der Waals surface area contributed by atoms with E-state index in [1.807, 2.05) is 6.92 Å². The summed E-state index contributed by atoms with van der Waals surface area (Å²) in [5.74, 6) is -0.435. The van der Waals surface area contributed by atoms with E-state index in [0.29, 0.717) is 12.2 Å². The first-order valence-corrected chi connectivity index (χ1v) is 6.60. The molecule has 8 heteroatoms. The number of rotatable bonds is 4. The molecule has 1 aliphatic heterocycles. The summed E-state index contributed by atoms with van der Waals surface area (Å²) in [7, 11) is 0. The van der Waals surface area contributed by atoms with Crippen molar-refractivity contribution in [3.8, 4) is 0 Å². The summed E-state index contributed by atoms with van der Waals surface area (Å²) in [6.07, 6.45) is 2.16. The van der Waals surface area contributed by atoms with E-state index in [1.165, 1.54) is 24.4 Å². The average Bonchev–Trinajstić information content (AvgIpc) is 3.06. The van der Waals surface area contributed by atoms with Gasteiger partial charge < -0.3 is 4.42 Å². The maximum absolute atomic E-state index is 12.3. The third-order valence-electron chi connectivity index (χ3n) is 3.42. The summed E-state index contributed by atoms with van der Waals surface area (Å²) in [5.41, 5.74) is -0.527. The second-order valence-electron chi connectivity index (χ2n) is 4.73. The Balaban J connectivity index is 1.96. The Morgan fingerprint density at radius 1 is 1.32 bits per heavy atom. The van der Waals surface area contributed by atoms with E-state index >= 15 is 0 Å². The molecule has 0 saturated carbocycles. The molecule has 22 heavy (non-hydrogen) atoms. The average molecular weight is 301 g/mol. The summed E-state index contributed by atoms with van der Waals surface area (Å²) < 4.78 is 5.38. The Kier molecular flexibility index (Phi) is 3.21. The molecule has 0 fully saturated rings. The molecule has 0 unspecified atom stereocenters. The van der Waals surface area contributed by atoms with Crippen LogP contribution in [0.15, 0.2) is 28.8 Å². The zero-order valence-corrected chi connectivity index (χ0v) is 11.6. The van der Waals surface area contributed by atoms with Gasteiger partial charge in [-0.15, -0.1) is 0 Å². The highest BCUT2D eigenvalue weighted by Crippen LogP contribution is 2.31. The lowest BCUT2D eigenvalue weighted by Gasteiger charge is -2.10. The van der Waals surface area contributed by atoms with E-state index in [0.717, 1.165) is 4.90 Å². The number of hydrogen-bond acceptors (Lipinski definition) is 6. The predicted molar refractivity (Wildman–Crippen MR) is 73.2 cm³/mol. The summed E-state index contributed by atoms with van der Waals surface area (Å²) >= 11 is 0. The number of hydrogen-bond donors (Lipinski definition) is 0. The molecule has 0 saturated heterocycles. The lowest BCUT2D eigenvalue weighted by atomic mass is 10.1. The number of aryl methyl sites for hydroxylation is 1. The largest absolute Gasteiger partial charge is 0.444 e. The minimum Gasteiger partial charge on any atom is -0.444 e. The minimum atomic E-state index is -0.705. The van der Waals surface area contributed by atoms with Crippen molar-refractivity contribution in [2.75, 3.05) is 0 Å². The molecule has 1 aromatic carbocycles. The topological polar surface area (TPSA) is 107 Å². The molecule has 0 atom stereocenters. The van der Waals surface area contributed by atoms with Gasteiger partial charge in [0, 0.05) is 12.5 Å². The molecule has 8 nitrogen and oxygen atoms in total. The van der Waals surface area contributed by atoms with Crippen LogP contribution in [0.5, 0.6) is 0 Å². The van der Waals surface area contributed by atoms with Crippen LogP contribution in [0.2, 0.25) is 0 Å². The summed E-state index contributed by atoms with van der Waals surface area (Å²) in [6.45, 7) is 1.74. The monoisotopic (exact) mass is 301 g/mol. The molecule has 0 bridgehead atoms. The predicted octanol–water partition coefficient (Wildman–Crippen LogP) is 1.94. The number of benzene rings is 1. The Labute approximate surface area is 124 Å². The Morgan fingerprint density at radius 2 is 2.09 bits per heavy atom. The molecule has 1 aliphatic rings. The van der Waals surface area contributed by atoms with Gasteiger partial charge in [-0.3, -0.25) is 24.6 Å². The fraction of sp³-hybridized carbons (Fsp3) is 0.214. The van der Waals surface area contributed by atoms with Gasteiger partial charge in [0.05, 0.1) is 16.7 Å². The highest BCUT2D eigenvalue weighted by atomic mass is 16.6. The number of carbonyl (C=O) groups excluding carboxylic acids is 2. The lowest BCUT2D eigenvalue weighted by Crippen LogP contribution is -2.29. The van der Waals surface area contributed by atoms with Crippen molar-refractivity contribution in [2.24, 2.45) is 0 Å². The summed E-state index contributed by atoms with van der Waals surface area (Å²) in [5, 5.41) is 11.0. The first-order valence-electron chi connectivity index (χ1n) is 6.60. The highest BCUT2D eigenvalue weighted by Gasteiger charge is 2.41. The minimum absolute atomic E-state index is 0.0291. The van der Waals surface area contributed by atoms with Crippen molar-refractivity contribution in [3.63, 3.8) is 0 Å². The number of fused-ring (bicyclic) bond motifs is 1. The Bertz CT molecular complexity index is 796. The molecule has 1 aromatic heterocycles. The van der Waals surface area contributed by atoms with Crippen LogP contribution in [-0.2, 0) is 13.0 Å². The van der Waals surface area contributed by atoms with Crippen molar-refractivity contribution >= 4 is 17.5 Å². The second kappa shape index (κ2) is 5.06. The number of imide groups is 1. The van der Waals surface area contributed by atoms with Crippen molar-refractivity contribution < 1.29 is 18.9 Å². The molecule has 0 aliphatic carbocycles. The number of oxazole rings is 1. The van der Waals surface area contributed by atoms with Crippen LogP contribution >= 0.6 is 0 Å². The van der Waals surface area contributed by atoms with Gasteiger partial charge in [0.2, 0.25) is 5.89 Å². The van der Waals surface area contributed by atoms with Crippen LogP contribution in [0.4, 0.5) is 5.69 Å². The standard InChI is InChI=1S/C14H11N3O5/c1-2-8-6-15-11(22-8)7-16-13(18)9-4-3-5-10(17(20)21)12(9)14(16)19/h3-6H,2,7H2,1H3. The van der Waals surface area contributed by atoms with E-state index in [-0.39, 0.29) is 29.2 Å². The quantitative estimate of drug-likeness (QED) is 0.485. The number of nitro groups is 1. The van der Waals surface area contributed by atoms with Gasteiger partial charge in [0.15, 0.2) is 0 Å². The highest BCUT2D eigenvalue weighted by molar-refractivity contribution is 6.23. The fourth-order valence-corrected chi connectivity index (χ4v) is 2.33. The van der Waals surface area contributed by atoms with Gasteiger partial charge in [0.25, 0.3) is 17.5 Å². The number of aromatic nitrogens is 1. The van der Waals surface area contributed by atoms with Gasteiger partial charge in [0.1, 0.15) is 17.9 Å². The van der Waals surface area contributed by atoms with E-state index in [9.17, 15) is 19.7 Å². The van der Waals surface area contributed by atoms with Crippen LogP contribution < -0.4 is 0 Å². The number of amides is 2. The molecule has 0 N–H and O–H groups in total. The first kappa shape index (κ1) is 13.9. The van der Waals surface area contributed by atoms with E-state index in [1.54, 1.807) is 0 Å². The van der Waals surface area contributed by atoms with Gasteiger partial charge in [-0.25, -0.2) is 4.98 Å². The number of nitrogens with zero attached hydrogens (tertiary/aromatic N) is 3. The zero-order valence-electron chi connectivity index (χ0n) is 11.6. The lowest BCUT2D eigenvalue weighted by molar-refractivity contribution is -0.385. The van der Waals surface area contributed by atoms with Gasteiger partial charge in [-0.05, 0) is 6.07 Å². The van der Waals surface area contributed by atoms with E-state index in [2.05, 4.69) is 4.98 Å². The summed E-state index contributed by atoms with van der Waals surface area (Å²) in [4.78, 5) is 39.9. The molecule has 0 spiro atoms. The van der Waals surface area contributed by atoms with Crippen molar-refractivity contribution in [1.29, 1.82) is 0 Å². The molecule has 3 rings (SSSR count). The Morgan fingerprint density at radius 3 is 2.73 bits per heavy atom. The molecule has 2 amide bonds.